The molecule has 1 aromatic rings. The Hall–Kier alpha value is -0.780. The summed E-state index contributed by atoms with van der Waals surface area (Å²) < 4.78 is 29.6. The van der Waals surface area contributed by atoms with E-state index in [2.05, 4.69) is 4.72 Å². The van der Waals surface area contributed by atoms with Crippen LogP contribution >= 0.6 is 11.6 Å². The molecule has 0 aliphatic carbocycles. The normalized spacial score (nSPS) is 11.3. The summed E-state index contributed by atoms with van der Waals surface area (Å²) in [7, 11) is -1.85. The number of nitrogens with one attached hydrogen (secondary N) is 1. The Bertz CT molecular complexity index is 419. The first-order valence-electron chi connectivity index (χ1n) is 4.24. The first-order chi connectivity index (χ1) is 7.09. The zero-order valence-electron chi connectivity index (χ0n) is 8.23. The van der Waals surface area contributed by atoms with Crippen molar-refractivity contribution in [3.8, 4) is 5.75 Å². The third kappa shape index (κ3) is 3.70. The van der Waals surface area contributed by atoms with Crippen molar-refractivity contribution in [1.82, 2.24) is 4.72 Å². The number of hydrogen-bond acceptors (Lipinski definition) is 3. The molecule has 0 heterocycles. The first-order valence-corrected chi connectivity index (χ1v) is 6.43. The van der Waals surface area contributed by atoms with Gasteiger partial charge in [0.1, 0.15) is 11.0 Å². The summed E-state index contributed by atoms with van der Waals surface area (Å²) in [5.41, 5.74) is 0.772. The summed E-state index contributed by atoms with van der Waals surface area (Å²) >= 11 is 5.25. The SMILES string of the molecule is COc1ccccc1CNS(=O)(=O)CCl. The van der Waals surface area contributed by atoms with E-state index in [0.29, 0.717) is 5.75 Å². The molecular weight excluding hydrogens is 238 g/mol. The molecule has 1 aromatic carbocycles. The maximum Gasteiger partial charge on any atom is 0.225 e. The predicted molar refractivity (Wildman–Crippen MR) is 59.5 cm³/mol. The van der Waals surface area contributed by atoms with Gasteiger partial charge in [-0.05, 0) is 6.07 Å². The van der Waals surface area contributed by atoms with Gasteiger partial charge in [0.2, 0.25) is 10.0 Å². The molecule has 0 aliphatic heterocycles. The van der Waals surface area contributed by atoms with E-state index in [0.717, 1.165) is 5.56 Å². The van der Waals surface area contributed by atoms with Crippen molar-refractivity contribution in [2.75, 3.05) is 12.3 Å². The molecule has 0 unspecified atom stereocenters. The predicted octanol–water partition coefficient (Wildman–Crippen LogP) is 1.31. The number of benzene rings is 1. The van der Waals surface area contributed by atoms with Crippen molar-refractivity contribution in [1.29, 1.82) is 0 Å². The Morgan fingerprint density at radius 3 is 2.67 bits per heavy atom. The molecule has 0 spiro atoms. The van der Waals surface area contributed by atoms with Crippen LogP contribution in [-0.4, -0.2) is 20.7 Å². The molecule has 6 heteroatoms. The van der Waals surface area contributed by atoms with Gasteiger partial charge in [-0.2, -0.15) is 0 Å². The molecule has 0 amide bonds. The second-order valence-electron chi connectivity index (χ2n) is 2.86. The summed E-state index contributed by atoms with van der Waals surface area (Å²) in [6.07, 6.45) is 0. The molecular formula is C9H12ClNO3S. The minimum absolute atomic E-state index is 0.180. The van der Waals surface area contributed by atoms with Gasteiger partial charge in [0, 0.05) is 12.1 Å². The third-order valence-corrected chi connectivity index (χ3v) is 3.55. The molecule has 4 nitrogen and oxygen atoms in total. The van der Waals surface area contributed by atoms with Gasteiger partial charge in [-0.3, -0.25) is 0 Å². The van der Waals surface area contributed by atoms with Crippen LogP contribution in [0.4, 0.5) is 0 Å². The number of halogens is 1. The number of sulfonamides is 1. The molecule has 0 bridgehead atoms. The highest BCUT2D eigenvalue weighted by atomic mass is 35.5. The molecule has 84 valence electrons. The highest BCUT2D eigenvalue weighted by Crippen LogP contribution is 2.16. The van der Waals surface area contributed by atoms with Crippen LogP contribution in [0.2, 0.25) is 0 Å². The highest BCUT2D eigenvalue weighted by molar-refractivity contribution is 7.90. The maximum absolute atomic E-state index is 11.1. The van der Waals surface area contributed by atoms with Gasteiger partial charge in [0.05, 0.1) is 7.11 Å². The molecule has 0 saturated heterocycles. The zero-order chi connectivity index (χ0) is 11.3. The summed E-state index contributed by atoms with van der Waals surface area (Å²) in [6, 6.07) is 7.19. The van der Waals surface area contributed by atoms with Gasteiger partial charge in [0.15, 0.2) is 0 Å². The average molecular weight is 250 g/mol. The molecule has 0 fully saturated rings. The van der Waals surface area contributed by atoms with Crippen molar-refractivity contribution >= 4 is 21.6 Å². The fourth-order valence-corrected chi connectivity index (χ4v) is 1.76. The van der Waals surface area contributed by atoms with E-state index in [1.165, 1.54) is 7.11 Å². The summed E-state index contributed by atoms with van der Waals surface area (Å²) in [4.78, 5) is 0. The molecule has 1 N–H and O–H groups in total. The minimum atomic E-state index is -3.38. The van der Waals surface area contributed by atoms with Crippen LogP contribution in [0, 0.1) is 0 Å². The van der Waals surface area contributed by atoms with Gasteiger partial charge in [-0.25, -0.2) is 13.1 Å². The van der Waals surface area contributed by atoms with Crippen LogP contribution in [0.5, 0.6) is 5.75 Å². The zero-order valence-corrected chi connectivity index (χ0v) is 9.81. The van der Waals surface area contributed by atoms with Crippen molar-refractivity contribution in [2.45, 2.75) is 6.54 Å². The van der Waals surface area contributed by atoms with E-state index in [1.807, 2.05) is 12.1 Å². The topological polar surface area (TPSA) is 55.4 Å². The first kappa shape index (κ1) is 12.3. The Kier molecular flexibility index (Phi) is 4.38. The number of methoxy groups -OCH3 is 1. The van der Waals surface area contributed by atoms with Crippen LogP contribution in [0.3, 0.4) is 0 Å². The van der Waals surface area contributed by atoms with E-state index < -0.39 is 15.2 Å². The Balaban J connectivity index is 2.73. The lowest BCUT2D eigenvalue weighted by molar-refractivity contribution is 0.409. The number of para-hydroxylation sites is 1. The fourth-order valence-electron chi connectivity index (χ4n) is 1.08. The number of alkyl halides is 1. The molecule has 0 aliphatic rings. The molecule has 1 rings (SSSR count). The lowest BCUT2D eigenvalue weighted by Gasteiger charge is -2.08. The van der Waals surface area contributed by atoms with Gasteiger partial charge >= 0.3 is 0 Å². The summed E-state index contributed by atoms with van der Waals surface area (Å²) in [5, 5.41) is -0.442. The lowest BCUT2D eigenvalue weighted by Crippen LogP contribution is -2.24. The van der Waals surface area contributed by atoms with E-state index in [1.54, 1.807) is 12.1 Å². The molecule has 0 radical (unpaired) electrons. The monoisotopic (exact) mass is 249 g/mol. The standard InChI is InChI=1S/C9H12ClNO3S/c1-14-9-5-3-2-4-8(9)6-11-15(12,13)7-10/h2-5,11H,6-7H2,1H3. The molecule has 15 heavy (non-hydrogen) atoms. The summed E-state index contributed by atoms with van der Waals surface area (Å²) in [5.74, 6) is 0.648. The van der Waals surface area contributed by atoms with E-state index >= 15 is 0 Å². The minimum Gasteiger partial charge on any atom is -0.496 e. The highest BCUT2D eigenvalue weighted by Gasteiger charge is 2.09. The smallest absolute Gasteiger partial charge is 0.225 e. The van der Waals surface area contributed by atoms with E-state index in [9.17, 15) is 8.42 Å². The fraction of sp³-hybridized carbons (Fsp3) is 0.333. The largest absolute Gasteiger partial charge is 0.496 e. The van der Waals surface area contributed by atoms with Gasteiger partial charge < -0.3 is 4.74 Å². The van der Waals surface area contributed by atoms with E-state index in [-0.39, 0.29) is 6.54 Å². The quantitative estimate of drug-likeness (QED) is 0.801. The average Bonchev–Trinajstić information content (AvgIpc) is 2.27. The maximum atomic E-state index is 11.1. The summed E-state index contributed by atoms with van der Waals surface area (Å²) in [6.45, 7) is 0.180. The molecule has 0 saturated carbocycles. The van der Waals surface area contributed by atoms with Crippen molar-refractivity contribution in [2.24, 2.45) is 0 Å². The van der Waals surface area contributed by atoms with E-state index in [4.69, 9.17) is 16.3 Å². The van der Waals surface area contributed by atoms with Gasteiger partial charge in [-0.1, -0.05) is 18.2 Å². The second-order valence-corrected chi connectivity index (χ2v) is 5.25. The molecule has 0 aromatic heterocycles. The van der Waals surface area contributed by atoms with Crippen LogP contribution < -0.4 is 9.46 Å². The number of rotatable bonds is 5. The lowest BCUT2D eigenvalue weighted by atomic mass is 10.2. The van der Waals surface area contributed by atoms with Gasteiger partial charge in [-0.15, -0.1) is 11.6 Å². The molecule has 0 atom stereocenters. The Morgan fingerprint density at radius 1 is 1.40 bits per heavy atom. The van der Waals surface area contributed by atoms with Crippen LogP contribution in [0.1, 0.15) is 5.56 Å². The number of ether oxygens (including phenoxy) is 1. The van der Waals surface area contributed by atoms with Crippen molar-refractivity contribution in [3.63, 3.8) is 0 Å². The Labute approximate surface area is 94.3 Å². The van der Waals surface area contributed by atoms with Crippen LogP contribution in [0.15, 0.2) is 24.3 Å². The van der Waals surface area contributed by atoms with Crippen molar-refractivity contribution in [3.05, 3.63) is 29.8 Å². The van der Waals surface area contributed by atoms with Crippen LogP contribution in [0.25, 0.3) is 0 Å². The third-order valence-electron chi connectivity index (χ3n) is 1.82. The Morgan fingerprint density at radius 2 is 2.07 bits per heavy atom. The second kappa shape index (κ2) is 5.34. The van der Waals surface area contributed by atoms with Crippen LogP contribution in [-0.2, 0) is 16.6 Å². The van der Waals surface area contributed by atoms with Crippen molar-refractivity contribution < 1.29 is 13.2 Å². The number of hydrogen-bond donors (Lipinski definition) is 1. The van der Waals surface area contributed by atoms with Gasteiger partial charge in [0.25, 0.3) is 0 Å².